The summed E-state index contributed by atoms with van der Waals surface area (Å²) < 4.78 is 6.49. The molecule has 3 rings (SSSR count). The zero-order chi connectivity index (χ0) is 18.2. The molecule has 2 nitrogen and oxygen atoms in total. The molecular formula is C24H33NO. The van der Waals surface area contributed by atoms with Crippen LogP contribution in [0.4, 0.5) is 11.4 Å². The van der Waals surface area contributed by atoms with Crippen LogP contribution in [-0.4, -0.2) is 0 Å². The molecule has 0 spiro atoms. The Hall–Kier alpha value is -1.96. The molecule has 0 saturated heterocycles. The van der Waals surface area contributed by atoms with Crippen LogP contribution in [0.5, 0.6) is 11.5 Å². The van der Waals surface area contributed by atoms with Gasteiger partial charge in [0.15, 0.2) is 11.5 Å². The zero-order valence-corrected chi connectivity index (χ0v) is 16.4. The number of unbranched alkanes of at least 4 members (excludes halogenated alkanes) is 6. The molecule has 1 N–H and O–H groups in total. The van der Waals surface area contributed by atoms with E-state index in [0.29, 0.717) is 0 Å². The van der Waals surface area contributed by atoms with Gasteiger partial charge in [-0.15, -0.1) is 0 Å². The molecule has 1 heterocycles. The second-order valence-corrected chi connectivity index (χ2v) is 7.44. The van der Waals surface area contributed by atoms with Crippen LogP contribution in [0.2, 0.25) is 0 Å². The van der Waals surface area contributed by atoms with Crippen LogP contribution in [0, 0.1) is 0 Å². The van der Waals surface area contributed by atoms with E-state index < -0.39 is 0 Å². The molecule has 0 fully saturated rings. The minimum absolute atomic E-state index is 1.04. The number of rotatable bonds is 10. The maximum absolute atomic E-state index is 6.49. The van der Waals surface area contributed by atoms with Crippen LogP contribution in [0.15, 0.2) is 36.4 Å². The highest BCUT2D eigenvalue weighted by Crippen LogP contribution is 2.46. The van der Waals surface area contributed by atoms with Crippen molar-refractivity contribution in [1.82, 2.24) is 0 Å². The highest BCUT2D eigenvalue weighted by atomic mass is 16.5. The van der Waals surface area contributed by atoms with E-state index in [0.717, 1.165) is 35.7 Å². The Morgan fingerprint density at radius 2 is 1.15 bits per heavy atom. The van der Waals surface area contributed by atoms with E-state index in [1.54, 1.807) is 0 Å². The highest BCUT2D eigenvalue weighted by Gasteiger charge is 2.21. The first-order valence-electron chi connectivity index (χ1n) is 10.5. The quantitative estimate of drug-likeness (QED) is 0.376. The lowest BCUT2D eigenvalue weighted by atomic mass is 10.0. The molecule has 140 valence electrons. The number of para-hydroxylation sites is 2. The predicted octanol–water partition coefficient (Wildman–Crippen LogP) is 7.78. The third-order valence-electron chi connectivity index (χ3n) is 5.27. The molecule has 0 aromatic heterocycles. The van der Waals surface area contributed by atoms with Gasteiger partial charge in [0.05, 0.1) is 11.4 Å². The van der Waals surface area contributed by atoms with Gasteiger partial charge in [0.25, 0.3) is 0 Å². The van der Waals surface area contributed by atoms with Gasteiger partial charge in [-0.1, -0.05) is 76.6 Å². The minimum atomic E-state index is 1.04. The molecule has 1 aliphatic heterocycles. The second kappa shape index (κ2) is 9.66. The maximum atomic E-state index is 6.49. The largest absolute Gasteiger partial charge is 0.452 e. The molecule has 2 aromatic rings. The van der Waals surface area contributed by atoms with Gasteiger partial charge in [-0.3, -0.25) is 0 Å². The molecule has 0 bridgehead atoms. The molecule has 0 unspecified atom stereocenters. The van der Waals surface area contributed by atoms with Crippen molar-refractivity contribution in [1.29, 1.82) is 0 Å². The molecule has 0 saturated carbocycles. The Balaban J connectivity index is 1.74. The number of hydrogen-bond donors (Lipinski definition) is 1. The average molecular weight is 352 g/mol. The SMILES string of the molecule is CCCCCCc1cccc2c1Oc1c(CCCCCC)cccc1N2. The maximum Gasteiger partial charge on any atom is 0.154 e. The minimum Gasteiger partial charge on any atom is -0.452 e. The Labute approximate surface area is 159 Å². The number of nitrogens with one attached hydrogen (secondary N) is 1. The van der Waals surface area contributed by atoms with Crippen molar-refractivity contribution >= 4 is 11.4 Å². The molecule has 26 heavy (non-hydrogen) atoms. The Morgan fingerprint density at radius 3 is 1.62 bits per heavy atom. The first-order valence-corrected chi connectivity index (χ1v) is 10.5. The number of aryl methyl sites for hydroxylation is 2. The van der Waals surface area contributed by atoms with Gasteiger partial charge in [-0.25, -0.2) is 0 Å². The summed E-state index contributed by atoms with van der Waals surface area (Å²) in [6.45, 7) is 4.52. The summed E-state index contributed by atoms with van der Waals surface area (Å²) >= 11 is 0. The van der Waals surface area contributed by atoms with Gasteiger partial charge in [0, 0.05) is 0 Å². The molecule has 2 aromatic carbocycles. The van der Waals surface area contributed by atoms with Crippen molar-refractivity contribution in [3.05, 3.63) is 47.5 Å². The number of benzene rings is 2. The summed E-state index contributed by atoms with van der Waals surface area (Å²) in [5.74, 6) is 2.08. The van der Waals surface area contributed by atoms with E-state index in [1.807, 2.05) is 0 Å². The second-order valence-electron chi connectivity index (χ2n) is 7.44. The lowest BCUT2D eigenvalue weighted by Crippen LogP contribution is -2.07. The van der Waals surface area contributed by atoms with Crippen molar-refractivity contribution in [3.8, 4) is 11.5 Å². The Morgan fingerprint density at radius 1 is 0.654 bits per heavy atom. The third-order valence-corrected chi connectivity index (χ3v) is 5.27. The van der Waals surface area contributed by atoms with Crippen molar-refractivity contribution in [3.63, 3.8) is 0 Å². The molecular weight excluding hydrogens is 318 g/mol. The van der Waals surface area contributed by atoms with Crippen LogP contribution >= 0.6 is 0 Å². The van der Waals surface area contributed by atoms with Crippen molar-refractivity contribution < 1.29 is 4.74 Å². The normalized spacial score (nSPS) is 12.1. The fourth-order valence-electron chi connectivity index (χ4n) is 3.73. The third kappa shape index (κ3) is 4.60. The fourth-order valence-corrected chi connectivity index (χ4v) is 3.73. The van der Waals surface area contributed by atoms with Crippen molar-refractivity contribution in [2.75, 3.05) is 5.32 Å². The summed E-state index contributed by atoms with van der Waals surface area (Å²) in [5.41, 5.74) is 4.87. The monoisotopic (exact) mass is 351 g/mol. The van der Waals surface area contributed by atoms with Crippen LogP contribution in [0.1, 0.15) is 76.3 Å². The van der Waals surface area contributed by atoms with Gasteiger partial charge >= 0.3 is 0 Å². The Kier molecular flexibility index (Phi) is 6.99. The van der Waals surface area contributed by atoms with Gasteiger partial charge in [-0.05, 0) is 48.9 Å². The highest BCUT2D eigenvalue weighted by molar-refractivity contribution is 5.78. The molecule has 0 radical (unpaired) electrons. The average Bonchev–Trinajstić information content (AvgIpc) is 2.67. The van der Waals surface area contributed by atoms with E-state index >= 15 is 0 Å². The molecule has 1 aliphatic rings. The van der Waals surface area contributed by atoms with Crippen LogP contribution in [-0.2, 0) is 12.8 Å². The standard InChI is InChI=1S/C24H33NO/c1-3-5-7-9-13-19-15-11-17-21-23(19)26-24-20(14-10-8-6-4-2)16-12-18-22(24)25-21/h11-12,15-18,25H,3-10,13-14H2,1-2H3. The first kappa shape index (κ1) is 18.8. The lowest BCUT2D eigenvalue weighted by molar-refractivity contribution is 0.465. The summed E-state index contributed by atoms with van der Waals surface area (Å²) in [6.07, 6.45) is 12.5. The van der Waals surface area contributed by atoms with Crippen LogP contribution < -0.4 is 10.1 Å². The summed E-state index contributed by atoms with van der Waals surface area (Å²) in [4.78, 5) is 0. The number of ether oxygens (including phenoxy) is 1. The molecule has 2 heteroatoms. The topological polar surface area (TPSA) is 21.3 Å². The van der Waals surface area contributed by atoms with E-state index in [4.69, 9.17) is 4.74 Å². The molecule has 0 amide bonds. The number of anilines is 2. The zero-order valence-electron chi connectivity index (χ0n) is 16.4. The smallest absolute Gasteiger partial charge is 0.154 e. The van der Waals surface area contributed by atoms with E-state index in [1.165, 1.54) is 62.5 Å². The van der Waals surface area contributed by atoms with Crippen LogP contribution in [0.25, 0.3) is 0 Å². The van der Waals surface area contributed by atoms with Gasteiger partial charge in [0.2, 0.25) is 0 Å². The summed E-state index contributed by atoms with van der Waals surface area (Å²) in [6, 6.07) is 13.0. The van der Waals surface area contributed by atoms with E-state index in [9.17, 15) is 0 Å². The van der Waals surface area contributed by atoms with Crippen LogP contribution in [0.3, 0.4) is 0 Å². The predicted molar refractivity (Wildman–Crippen MR) is 112 cm³/mol. The van der Waals surface area contributed by atoms with Crippen molar-refractivity contribution in [2.24, 2.45) is 0 Å². The number of fused-ring (bicyclic) bond motifs is 2. The van der Waals surface area contributed by atoms with E-state index in [-0.39, 0.29) is 0 Å². The molecule has 0 aliphatic carbocycles. The van der Waals surface area contributed by atoms with Gasteiger partial charge in [-0.2, -0.15) is 0 Å². The number of hydrogen-bond acceptors (Lipinski definition) is 2. The fraction of sp³-hybridized carbons (Fsp3) is 0.500. The van der Waals surface area contributed by atoms with E-state index in [2.05, 4.69) is 55.6 Å². The summed E-state index contributed by atoms with van der Waals surface area (Å²) in [7, 11) is 0. The van der Waals surface area contributed by atoms with Gasteiger partial charge in [0.1, 0.15) is 0 Å². The van der Waals surface area contributed by atoms with Gasteiger partial charge < -0.3 is 10.1 Å². The van der Waals surface area contributed by atoms with Crippen molar-refractivity contribution in [2.45, 2.75) is 78.1 Å². The Bertz CT molecular complexity index is 648. The lowest BCUT2D eigenvalue weighted by Gasteiger charge is -2.26. The molecule has 0 atom stereocenters. The first-order chi connectivity index (χ1) is 12.8. The summed E-state index contributed by atoms with van der Waals surface area (Å²) in [5, 5.41) is 3.60.